The Morgan fingerprint density at radius 2 is 1.23 bits per heavy atom. The van der Waals surface area contributed by atoms with Crippen molar-refractivity contribution in [3.8, 4) is 0 Å². The fourth-order valence-corrected chi connectivity index (χ4v) is 3.70. The van der Waals surface area contributed by atoms with E-state index in [-0.39, 0.29) is 12.5 Å². The third kappa shape index (κ3) is 19.1. The number of carbonyl (C=O) groups excluding carboxylic acids is 1. The van der Waals surface area contributed by atoms with Gasteiger partial charge in [0.15, 0.2) is 0 Å². The fraction of sp³-hybridized carbons (Fsp3) is 0.885. The lowest BCUT2D eigenvalue weighted by atomic mass is 10.0. The van der Waals surface area contributed by atoms with Gasteiger partial charge in [0, 0.05) is 6.42 Å². The second kappa shape index (κ2) is 22.8. The van der Waals surface area contributed by atoms with E-state index >= 15 is 0 Å². The van der Waals surface area contributed by atoms with Crippen LogP contribution in [0.25, 0.3) is 0 Å². The maximum Gasteiger partial charge on any atom is 0.220 e. The van der Waals surface area contributed by atoms with E-state index in [2.05, 4.69) is 19.2 Å². The van der Waals surface area contributed by atoms with Crippen molar-refractivity contribution >= 4 is 5.91 Å². The fourth-order valence-electron chi connectivity index (χ4n) is 3.70. The average Bonchev–Trinajstić information content (AvgIpc) is 2.75. The molecule has 0 fully saturated rings. The number of hydrogen-bond acceptors (Lipinski definition) is 3. The smallest absolute Gasteiger partial charge is 0.220 e. The van der Waals surface area contributed by atoms with Gasteiger partial charge in [0.2, 0.25) is 5.91 Å². The number of carbonyl (C=O) groups is 1. The Balaban J connectivity index is 3.69. The van der Waals surface area contributed by atoms with E-state index in [9.17, 15) is 15.0 Å². The highest BCUT2D eigenvalue weighted by Gasteiger charge is 2.17. The Hall–Kier alpha value is -0.870. The van der Waals surface area contributed by atoms with E-state index in [1.54, 1.807) is 6.08 Å². The van der Waals surface area contributed by atoms with E-state index in [0.717, 1.165) is 32.1 Å². The van der Waals surface area contributed by atoms with E-state index in [1.807, 2.05) is 6.08 Å². The third-order valence-corrected chi connectivity index (χ3v) is 5.77. The Morgan fingerprint density at radius 1 is 0.767 bits per heavy atom. The van der Waals surface area contributed by atoms with Gasteiger partial charge in [-0.2, -0.15) is 0 Å². The molecule has 4 nitrogen and oxygen atoms in total. The maximum atomic E-state index is 12.0. The van der Waals surface area contributed by atoms with Crippen molar-refractivity contribution in [3.05, 3.63) is 12.2 Å². The summed E-state index contributed by atoms with van der Waals surface area (Å²) in [5, 5.41) is 22.5. The minimum absolute atomic E-state index is 0.0802. The Morgan fingerprint density at radius 3 is 1.73 bits per heavy atom. The summed E-state index contributed by atoms with van der Waals surface area (Å²) in [5.41, 5.74) is 0. The summed E-state index contributed by atoms with van der Waals surface area (Å²) in [4.78, 5) is 12.0. The van der Waals surface area contributed by atoms with Gasteiger partial charge in [-0.1, -0.05) is 116 Å². The van der Waals surface area contributed by atoms with Gasteiger partial charge in [0.25, 0.3) is 0 Å². The Kier molecular flexibility index (Phi) is 22.1. The topological polar surface area (TPSA) is 69.6 Å². The normalized spacial score (nSPS) is 13.6. The predicted molar refractivity (Wildman–Crippen MR) is 129 cm³/mol. The first kappa shape index (κ1) is 29.1. The van der Waals surface area contributed by atoms with Crippen molar-refractivity contribution in [1.29, 1.82) is 0 Å². The Bertz CT molecular complexity index is 398. The molecule has 0 aliphatic rings. The number of amides is 1. The average molecular weight is 426 g/mol. The summed E-state index contributed by atoms with van der Waals surface area (Å²) >= 11 is 0. The molecule has 0 aliphatic heterocycles. The van der Waals surface area contributed by atoms with Gasteiger partial charge >= 0.3 is 0 Å². The highest BCUT2D eigenvalue weighted by molar-refractivity contribution is 5.76. The van der Waals surface area contributed by atoms with Crippen LogP contribution >= 0.6 is 0 Å². The molecule has 0 spiro atoms. The van der Waals surface area contributed by atoms with Crippen LogP contribution in [0.2, 0.25) is 0 Å². The quantitative estimate of drug-likeness (QED) is 0.138. The number of aliphatic hydroxyl groups excluding tert-OH is 2. The summed E-state index contributed by atoms with van der Waals surface area (Å²) in [6.07, 6.45) is 24.4. The van der Waals surface area contributed by atoms with E-state index in [0.29, 0.717) is 6.42 Å². The zero-order chi connectivity index (χ0) is 22.3. The zero-order valence-electron chi connectivity index (χ0n) is 20.0. The van der Waals surface area contributed by atoms with Crippen LogP contribution in [0.1, 0.15) is 129 Å². The molecule has 0 saturated carbocycles. The SMILES string of the molecule is CCCCCCCCCCCCC/C=C\[C@@H](O)[C@H](CO)NC(=O)CCCCCCC. The second-order valence-electron chi connectivity index (χ2n) is 8.76. The van der Waals surface area contributed by atoms with Crippen LogP contribution in [0.15, 0.2) is 12.2 Å². The number of hydrogen-bond donors (Lipinski definition) is 3. The van der Waals surface area contributed by atoms with Gasteiger partial charge in [-0.15, -0.1) is 0 Å². The number of aliphatic hydroxyl groups is 2. The monoisotopic (exact) mass is 425 g/mol. The van der Waals surface area contributed by atoms with Crippen LogP contribution in [0.4, 0.5) is 0 Å². The molecular formula is C26H51NO3. The summed E-state index contributed by atoms with van der Waals surface area (Å²) < 4.78 is 0. The van der Waals surface area contributed by atoms with Gasteiger partial charge < -0.3 is 15.5 Å². The number of allylic oxidation sites excluding steroid dienone is 1. The van der Waals surface area contributed by atoms with Crippen LogP contribution < -0.4 is 5.32 Å². The highest BCUT2D eigenvalue weighted by atomic mass is 16.3. The molecule has 0 aromatic carbocycles. The summed E-state index contributed by atoms with van der Waals surface area (Å²) in [6, 6.07) is -0.610. The molecule has 0 bridgehead atoms. The van der Waals surface area contributed by atoms with Crippen LogP contribution in [-0.4, -0.2) is 34.9 Å². The minimum atomic E-state index is -0.827. The lowest BCUT2D eigenvalue weighted by Gasteiger charge is -2.20. The molecule has 30 heavy (non-hydrogen) atoms. The van der Waals surface area contributed by atoms with Crippen LogP contribution in [0, 0.1) is 0 Å². The maximum absolute atomic E-state index is 12.0. The summed E-state index contributed by atoms with van der Waals surface area (Å²) in [7, 11) is 0. The number of nitrogens with one attached hydrogen (secondary N) is 1. The molecule has 1 amide bonds. The molecule has 4 heteroatoms. The molecule has 0 aliphatic carbocycles. The molecule has 0 radical (unpaired) electrons. The van der Waals surface area contributed by atoms with E-state index in [4.69, 9.17) is 0 Å². The van der Waals surface area contributed by atoms with Crippen LogP contribution in [-0.2, 0) is 4.79 Å². The third-order valence-electron chi connectivity index (χ3n) is 5.77. The lowest BCUT2D eigenvalue weighted by molar-refractivity contribution is -0.123. The first-order chi connectivity index (χ1) is 14.7. The summed E-state index contributed by atoms with van der Waals surface area (Å²) in [6.45, 7) is 4.19. The zero-order valence-corrected chi connectivity index (χ0v) is 20.0. The van der Waals surface area contributed by atoms with Gasteiger partial charge in [-0.25, -0.2) is 0 Å². The number of rotatable bonds is 22. The Labute approximate surface area is 186 Å². The van der Waals surface area contributed by atoms with Gasteiger partial charge in [-0.3, -0.25) is 4.79 Å². The van der Waals surface area contributed by atoms with Gasteiger partial charge in [0.05, 0.1) is 18.8 Å². The first-order valence-corrected chi connectivity index (χ1v) is 12.9. The van der Waals surface area contributed by atoms with Crippen molar-refractivity contribution < 1.29 is 15.0 Å². The minimum Gasteiger partial charge on any atom is -0.394 e. The first-order valence-electron chi connectivity index (χ1n) is 12.9. The highest BCUT2D eigenvalue weighted by Crippen LogP contribution is 2.12. The molecule has 0 heterocycles. The standard InChI is InChI=1S/C26H51NO3/c1-3-5-7-9-10-11-12-13-14-15-16-18-19-21-25(29)24(23-28)27-26(30)22-20-17-8-6-4-2/h19,21,24-25,28-29H,3-18,20,22-23H2,1-2H3,(H,27,30)/b21-19-/t24-,25+/m0/s1. The lowest BCUT2D eigenvalue weighted by Crippen LogP contribution is -2.45. The summed E-state index contributed by atoms with van der Waals surface area (Å²) in [5.74, 6) is -0.0802. The molecule has 0 saturated heterocycles. The molecule has 0 aromatic heterocycles. The van der Waals surface area contributed by atoms with Crippen molar-refractivity contribution in [1.82, 2.24) is 5.32 Å². The molecular weight excluding hydrogens is 374 g/mol. The van der Waals surface area contributed by atoms with Crippen molar-refractivity contribution in [2.75, 3.05) is 6.61 Å². The second-order valence-corrected chi connectivity index (χ2v) is 8.76. The van der Waals surface area contributed by atoms with Crippen molar-refractivity contribution in [2.45, 2.75) is 142 Å². The van der Waals surface area contributed by atoms with Crippen molar-refractivity contribution in [3.63, 3.8) is 0 Å². The van der Waals surface area contributed by atoms with Crippen LogP contribution in [0.5, 0.6) is 0 Å². The molecule has 0 unspecified atom stereocenters. The van der Waals surface area contributed by atoms with Crippen molar-refractivity contribution in [2.24, 2.45) is 0 Å². The molecule has 0 rings (SSSR count). The molecule has 178 valence electrons. The van der Waals surface area contributed by atoms with Gasteiger partial charge in [-0.05, 0) is 19.3 Å². The predicted octanol–water partition coefficient (Wildman–Crippen LogP) is 6.44. The van der Waals surface area contributed by atoms with Gasteiger partial charge in [0.1, 0.15) is 0 Å². The van der Waals surface area contributed by atoms with E-state index in [1.165, 1.54) is 77.0 Å². The van der Waals surface area contributed by atoms with E-state index < -0.39 is 12.1 Å². The molecule has 2 atom stereocenters. The van der Waals surface area contributed by atoms with Crippen LogP contribution in [0.3, 0.4) is 0 Å². The largest absolute Gasteiger partial charge is 0.394 e. The number of unbranched alkanes of at least 4 members (excludes halogenated alkanes) is 15. The molecule has 0 aromatic rings. The molecule has 3 N–H and O–H groups in total.